The SMILES string of the molecule is Br.CN(C)C.Oc1ccccc1. The first-order valence-electron chi connectivity index (χ1n) is 3.48. The average Bonchev–Trinajstić information content (AvgIpc) is 1.87. The van der Waals surface area contributed by atoms with E-state index in [1.54, 1.807) is 24.3 Å². The van der Waals surface area contributed by atoms with Crippen LogP contribution in [0.1, 0.15) is 0 Å². The van der Waals surface area contributed by atoms with Crippen LogP contribution in [0.25, 0.3) is 0 Å². The zero-order valence-corrected chi connectivity index (χ0v) is 9.40. The molecule has 0 radical (unpaired) electrons. The van der Waals surface area contributed by atoms with Crippen LogP contribution in [0.5, 0.6) is 5.75 Å². The second kappa shape index (κ2) is 8.56. The number of phenols is 1. The smallest absolute Gasteiger partial charge is 0.115 e. The zero-order chi connectivity index (χ0) is 8.69. The Kier molecular flexibility index (Phi) is 9.99. The summed E-state index contributed by atoms with van der Waals surface area (Å²) in [6, 6.07) is 8.71. The van der Waals surface area contributed by atoms with E-state index in [9.17, 15) is 0 Å². The van der Waals surface area contributed by atoms with Gasteiger partial charge in [0.25, 0.3) is 0 Å². The van der Waals surface area contributed by atoms with Gasteiger partial charge < -0.3 is 10.0 Å². The maximum atomic E-state index is 8.63. The van der Waals surface area contributed by atoms with Crippen LogP contribution in [0.3, 0.4) is 0 Å². The van der Waals surface area contributed by atoms with Gasteiger partial charge in [-0.2, -0.15) is 0 Å². The highest BCUT2D eigenvalue weighted by atomic mass is 79.9. The third kappa shape index (κ3) is 12.2. The lowest BCUT2D eigenvalue weighted by atomic mass is 10.3. The van der Waals surface area contributed by atoms with Crippen molar-refractivity contribution in [1.82, 2.24) is 4.90 Å². The van der Waals surface area contributed by atoms with Crippen molar-refractivity contribution in [3.8, 4) is 5.75 Å². The van der Waals surface area contributed by atoms with E-state index >= 15 is 0 Å². The highest BCUT2D eigenvalue weighted by molar-refractivity contribution is 8.93. The molecule has 0 heterocycles. The Bertz CT molecular complexity index is 174. The third-order valence-corrected chi connectivity index (χ3v) is 0.756. The summed E-state index contributed by atoms with van der Waals surface area (Å²) in [6.07, 6.45) is 0. The molecule has 1 aromatic rings. The topological polar surface area (TPSA) is 23.5 Å². The number of aromatic hydroxyl groups is 1. The molecule has 0 saturated heterocycles. The molecule has 2 nitrogen and oxygen atoms in total. The summed E-state index contributed by atoms with van der Waals surface area (Å²) in [5.74, 6) is 0.322. The minimum Gasteiger partial charge on any atom is -0.508 e. The van der Waals surface area contributed by atoms with E-state index in [0.29, 0.717) is 5.75 Å². The quantitative estimate of drug-likeness (QED) is 0.743. The number of phenolic OH excluding ortho intramolecular Hbond substituents is 1. The van der Waals surface area contributed by atoms with Gasteiger partial charge in [-0.15, -0.1) is 17.0 Å². The molecule has 0 saturated carbocycles. The van der Waals surface area contributed by atoms with E-state index in [1.807, 2.05) is 32.1 Å². The highest BCUT2D eigenvalue weighted by Gasteiger charge is 1.74. The van der Waals surface area contributed by atoms with Crippen LogP contribution >= 0.6 is 17.0 Å². The Morgan fingerprint density at radius 1 is 1.00 bits per heavy atom. The van der Waals surface area contributed by atoms with Crippen molar-refractivity contribution in [3.63, 3.8) is 0 Å². The number of para-hydroxylation sites is 1. The lowest BCUT2D eigenvalue weighted by Crippen LogP contribution is -1.99. The largest absolute Gasteiger partial charge is 0.508 e. The Morgan fingerprint density at radius 2 is 1.33 bits per heavy atom. The average molecular weight is 234 g/mol. The third-order valence-electron chi connectivity index (χ3n) is 0.756. The summed E-state index contributed by atoms with van der Waals surface area (Å²) < 4.78 is 0. The van der Waals surface area contributed by atoms with E-state index in [2.05, 4.69) is 0 Å². The molecule has 1 aromatic carbocycles. The van der Waals surface area contributed by atoms with Gasteiger partial charge in [0, 0.05) is 0 Å². The molecule has 0 aliphatic carbocycles. The standard InChI is InChI=1S/C6H6O.C3H9N.BrH/c7-6-4-2-1-3-5-6;1-4(2)3;/h1-5,7H;1-3H3;1H. The molecule has 0 fully saturated rings. The lowest BCUT2D eigenvalue weighted by Gasteiger charge is -1.90. The molecule has 1 N–H and O–H groups in total. The molecular formula is C9H16BrNO. The van der Waals surface area contributed by atoms with Crippen molar-refractivity contribution >= 4 is 17.0 Å². The minimum atomic E-state index is 0. The van der Waals surface area contributed by atoms with E-state index in [4.69, 9.17) is 5.11 Å². The van der Waals surface area contributed by atoms with Gasteiger partial charge in [-0.1, -0.05) is 18.2 Å². The van der Waals surface area contributed by atoms with E-state index in [1.165, 1.54) is 0 Å². The van der Waals surface area contributed by atoms with Gasteiger partial charge in [0.15, 0.2) is 0 Å². The highest BCUT2D eigenvalue weighted by Crippen LogP contribution is 2.02. The van der Waals surface area contributed by atoms with E-state index in [-0.39, 0.29) is 17.0 Å². The van der Waals surface area contributed by atoms with Gasteiger partial charge in [-0.25, -0.2) is 0 Å². The number of hydrogen-bond acceptors (Lipinski definition) is 2. The number of benzene rings is 1. The first kappa shape index (κ1) is 14.0. The Hall–Kier alpha value is -0.540. The molecule has 3 heteroatoms. The first-order chi connectivity index (χ1) is 5.13. The fourth-order valence-electron chi connectivity index (χ4n) is 0.428. The zero-order valence-electron chi connectivity index (χ0n) is 7.69. The molecule has 0 amide bonds. The van der Waals surface area contributed by atoms with Crippen molar-refractivity contribution in [3.05, 3.63) is 30.3 Å². The van der Waals surface area contributed by atoms with Crippen LogP contribution in [0.2, 0.25) is 0 Å². The van der Waals surface area contributed by atoms with Crippen molar-refractivity contribution in [2.75, 3.05) is 21.1 Å². The van der Waals surface area contributed by atoms with Crippen LogP contribution in [0, 0.1) is 0 Å². The molecule has 12 heavy (non-hydrogen) atoms. The van der Waals surface area contributed by atoms with Gasteiger partial charge in [-0.3, -0.25) is 0 Å². The predicted octanol–water partition coefficient (Wildman–Crippen LogP) is 2.15. The van der Waals surface area contributed by atoms with Crippen molar-refractivity contribution in [1.29, 1.82) is 0 Å². The molecule has 0 spiro atoms. The summed E-state index contributed by atoms with van der Waals surface area (Å²) in [4.78, 5) is 2.00. The molecule has 0 aliphatic heterocycles. The fourth-order valence-corrected chi connectivity index (χ4v) is 0.428. The van der Waals surface area contributed by atoms with Gasteiger partial charge in [0.1, 0.15) is 5.75 Å². The summed E-state index contributed by atoms with van der Waals surface area (Å²) in [6.45, 7) is 0. The van der Waals surface area contributed by atoms with Crippen LogP contribution in [0.4, 0.5) is 0 Å². The van der Waals surface area contributed by atoms with Gasteiger partial charge >= 0.3 is 0 Å². The van der Waals surface area contributed by atoms with Crippen molar-refractivity contribution in [2.45, 2.75) is 0 Å². The first-order valence-corrected chi connectivity index (χ1v) is 3.48. The second-order valence-electron chi connectivity index (χ2n) is 2.68. The molecule has 0 atom stereocenters. The number of halogens is 1. The van der Waals surface area contributed by atoms with Crippen LogP contribution in [0.15, 0.2) is 30.3 Å². The summed E-state index contributed by atoms with van der Waals surface area (Å²) >= 11 is 0. The van der Waals surface area contributed by atoms with E-state index in [0.717, 1.165) is 0 Å². The maximum Gasteiger partial charge on any atom is 0.115 e. The Balaban J connectivity index is 0. The molecular weight excluding hydrogens is 218 g/mol. The number of rotatable bonds is 0. The predicted molar refractivity (Wildman–Crippen MR) is 58.0 cm³/mol. The molecule has 0 unspecified atom stereocenters. The fraction of sp³-hybridized carbons (Fsp3) is 0.333. The monoisotopic (exact) mass is 233 g/mol. The van der Waals surface area contributed by atoms with Crippen LogP contribution < -0.4 is 0 Å². The molecule has 0 aromatic heterocycles. The number of hydrogen-bond donors (Lipinski definition) is 1. The van der Waals surface area contributed by atoms with Crippen LogP contribution in [-0.2, 0) is 0 Å². The second-order valence-corrected chi connectivity index (χ2v) is 2.68. The Labute approximate surface area is 84.6 Å². The minimum absolute atomic E-state index is 0. The molecule has 0 bridgehead atoms. The van der Waals surface area contributed by atoms with Crippen molar-refractivity contribution < 1.29 is 5.11 Å². The summed E-state index contributed by atoms with van der Waals surface area (Å²) in [7, 11) is 6.00. The Morgan fingerprint density at radius 3 is 1.50 bits per heavy atom. The van der Waals surface area contributed by atoms with Crippen molar-refractivity contribution in [2.24, 2.45) is 0 Å². The van der Waals surface area contributed by atoms with Gasteiger partial charge in [0.2, 0.25) is 0 Å². The maximum absolute atomic E-state index is 8.63. The normalized spacial score (nSPS) is 8.00. The molecule has 1 rings (SSSR count). The van der Waals surface area contributed by atoms with Crippen LogP contribution in [-0.4, -0.2) is 31.1 Å². The van der Waals surface area contributed by atoms with E-state index < -0.39 is 0 Å². The molecule has 70 valence electrons. The van der Waals surface area contributed by atoms with Gasteiger partial charge in [-0.05, 0) is 33.3 Å². The molecule has 0 aliphatic rings. The van der Waals surface area contributed by atoms with Gasteiger partial charge in [0.05, 0.1) is 0 Å². The summed E-state index contributed by atoms with van der Waals surface area (Å²) in [5.41, 5.74) is 0. The number of nitrogens with zero attached hydrogens (tertiary/aromatic N) is 1. The summed E-state index contributed by atoms with van der Waals surface area (Å²) in [5, 5.41) is 8.63. The lowest BCUT2D eigenvalue weighted by molar-refractivity contribution is 0.475.